The molecule has 0 unspecified atom stereocenters. The molecular formula is C20H19FN8O2. The topological polar surface area (TPSA) is 125 Å². The van der Waals surface area contributed by atoms with E-state index in [2.05, 4.69) is 35.9 Å². The van der Waals surface area contributed by atoms with E-state index in [4.69, 9.17) is 0 Å². The number of nitrogens with one attached hydrogen (secondary N) is 3. The number of halogens is 1. The minimum absolute atomic E-state index is 0.0136. The molecule has 1 aliphatic rings. The van der Waals surface area contributed by atoms with Gasteiger partial charge in [0.15, 0.2) is 0 Å². The second-order valence-corrected chi connectivity index (χ2v) is 6.90. The van der Waals surface area contributed by atoms with Crippen molar-refractivity contribution in [2.45, 2.75) is 13.0 Å². The maximum atomic E-state index is 13.2. The van der Waals surface area contributed by atoms with E-state index in [0.29, 0.717) is 17.5 Å². The van der Waals surface area contributed by atoms with Crippen LogP contribution in [0, 0.1) is 5.82 Å². The van der Waals surface area contributed by atoms with Gasteiger partial charge in [0.2, 0.25) is 17.8 Å². The molecule has 31 heavy (non-hydrogen) atoms. The van der Waals surface area contributed by atoms with Crippen LogP contribution in [-0.4, -0.2) is 44.8 Å². The third kappa shape index (κ3) is 5.07. The zero-order valence-electron chi connectivity index (χ0n) is 16.5. The molecule has 1 aromatic carbocycles. The average molecular weight is 422 g/mol. The van der Waals surface area contributed by atoms with Crippen molar-refractivity contribution in [3.63, 3.8) is 0 Å². The van der Waals surface area contributed by atoms with Crippen LogP contribution in [0.4, 0.5) is 27.8 Å². The minimum Gasteiger partial charge on any atom is -0.348 e. The van der Waals surface area contributed by atoms with Crippen LogP contribution in [-0.2, 0) is 9.59 Å². The molecule has 1 atom stereocenters. The highest BCUT2D eigenvalue weighted by atomic mass is 19.1. The van der Waals surface area contributed by atoms with Gasteiger partial charge in [-0.2, -0.15) is 9.97 Å². The third-order valence-electron chi connectivity index (χ3n) is 4.52. The lowest BCUT2D eigenvalue weighted by atomic mass is 10.1. The largest absolute Gasteiger partial charge is 0.348 e. The number of anilines is 4. The quantitative estimate of drug-likeness (QED) is 0.510. The lowest BCUT2D eigenvalue weighted by Crippen LogP contribution is -2.51. The van der Waals surface area contributed by atoms with Gasteiger partial charge in [-0.3, -0.25) is 19.9 Å². The van der Waals surface area contributed by atoms with Gasteiger partial charge < -0.3 is 15.5 Å². The number of carbonyl (C=O) groups excluding carboxylic acids is 2. The van der Waals surface area contributed by atoms with E-state index in [-0.39, 0.29) is 30.9 Å². The van der Waals surface area contributed by atoms with Crippen LogP contribution in [0.1, 0.15) is 18.5 Å². The summed E-state index contributed by atoms with van der Waals surface area (Å²) in [5.41, 5.74) is 0.839. The molecule has 0 aliphatic carbocycles. The number of piperazine rings is 1. The Labute approximate surface area is 177 Å². The highest BCUT2D eigenvalue weighted by molar-refractivity contribution is 6.02. The van der Waals surface area contributed by atoms with Crippen LogP contribution >= 0.6 is 0 Å². The Kier molecular flexibility index (Phi) is 5.65. The van der Waals surface area contributed by atoms with Crippen molar-refractivity contribution in [1.29, 1.82) is 0 Å². The molecule has 158 valence electrons. The van der Waals surface area contributed by atoms with Gasteiger partial charge in [-0.25, -0.2) is 9.37 Å². The predicted octanol–water partition coefficient (Wildman–Crippen LogP) is 1.79. The number of hydrogen-bond acceptors (Lipinski definition) is 9. The molecule has 0 radical (unpaired) electrons. The maximum absolute atomic E-state index is 13.2. The molecule has 0 saturated carbocycles. The standard InChI is InChI=1S/C20H19FN8O2/c1-12(13-2-4-14(21)5-3-13)24-20-26-15(25-16-9-22-6-7-23-16)8-17(27-20)29-10-18(30)28-19(31)11-29/h2-9,12H,10-11H2,1H3,(H,28,30,31)(H2,23,24,25,26,27)/t12-/m0/s1. The van der Waals surface area contributed by atoms with Gasteiger partial charge in [-0.05, 0) is 24.6 Å². The lowest BCUT2D eigenvalue weighted by molar-refractivity contribution is -0.130. The fourth-order valence-electron chi connectivity index (χ4n) is 3.05. The lowest BCUT2D eigenvalue weighted by Gasteiger charge is -2.27. The second kappa shape index (κ2) is 8.69. The summed E-state index contributed by atoms with van der Waals surface area (Å²) >= 11 is 0. The molecule has 2 aromatic heterocycles. The molecule has 3 aromatic rings. The zero-order valence-corrected chi connectivity index (χ0v) is 16.5. The molecule has 1 saturated heterocycles. The summed E-state index contributed by atoms with van der Waals surface area (Å²) in [5, 5.41) is 8.48. The number of imide groups is 1. The minimum atomic E-state index is -0.410. The first kappa shape index (κ1) is 20.1. The van der Waals surface area contributed by atoms with Gasteiger partial charge in [0, 0.05) is 18.5 Å². The van der Waals surface area contributed by atoms with Crippen molar-refractivity contribution in [2.24, 2.45) is 0 Å². The Morgan fingerprint density at radius 2 is 1.81 bits per heavy atom. The van der Waals surface area contributed by atoms with E-state index in [9.17, 15) is 14.0 Å². The molecule has 1 aliphatic heterocycles. The van der Waals surface area contributed by atoms with Crippen molar-refractivity contribution >= 4 is 35.2 Å². The van der Waals surface area contributed by atoms with Crippen molar-refractivity contribution in [1.82, 2.24) is 25.3 Å². The van der Waals surface area contributed by atoms with Gasteiger partial charge in [-0.15, -0.1) is 0 Å². The van der Waals surface area contributed by atoms with E-state index in [1.54, 1.807) is 29.3 Å². The van der Waals surface area contributed by atoms with Crippen molar-refractivity contribution in [2.75, 3.05) is 28.6 Å². The first-order valence-corrected chi connectivity index (χ1v) is 9.48. The zero-order chi connectivity index (χ0) is 21.8. The number of amides is 2. The van der Waals surface area contributed by atoms with E-state index >= 15 is 0 Å². The van der Waals surface area contributed by atoms with Gasteiger partial charge in [0.25, 0.3) is 0 Å². The summed E-state index contributed by atoms with van der Waals surface area (Å²) in [7, 11) is 0. The fourth-order valence-corrected chi connectivity index (χ4v) is 3.05. The van der Waals surface area contributed by atoms with Gasteiger partial charge in [0.1, 0.15) is 23.3 Å². The van der Waals surface area contributed by atoms with E-state index in [1.807, 2.05) is 6.92 Å². The van der Waals surface area contributed by atoms with Crippen LogP contribution in [0.3, 0.4) is 0 Å². The SMILES string of the molecule is C[C@H](Nc1nc(Nc2cnccn2)cc(N2CC(=O)NC(=O)C2)n1)c1ccc(F)cc1. The molecular weight excluding hydrogens is 403 g/mol. The second-order valence-electron chi connectivity index (χ2n) is 6.90. The third-order valence-corrected chi connectivity index (χ3v) is 4.52. The molecule has 0 spiro atoms. The van der Waals surface area contributed by atoms with Crippen LogP contribution in [0.25, 0.3) is 0 Å². The molecule has 4 rings (SSSR count). The van der Waals surface area contributed by atoms with Crippen molar-refractivity contribution in [3.8, 4) is 0 Å². The Morgan fingerprint density at radius 3 is 2.48 bits per heavy atom. The number of carbonyl (C=O) groups is 2. The summed E-state index contributed by atoms with van der Waals surface area (Å²) in [6.45, 7) is 1.86. The number of aromatic nitrogens is 4. The Morgan fingerprint density at radius 1 is 1.06 bits per heavy atom. The first-order valence-electron chi connectivity index (χ1n) is 9.48. The monoisotopic (exact) mass is 422 g/mol. The summed E-state index contributed by atoms with van der Waals surface area (Å²) in [6.07, 6.45) is 4.62. The molecule has 11 heteroatoms. The smallest absolute Gasteiger partial charge is 0.246 e. The molecule has 10 nitrogen and oxygen atoms in total. The number of nitrogens with zero attached hydrogens (tertiary/aromatic N) is 5. The van der Waals surface area contributed by atoms with Crippen LogP contribution in [0.5, 0.6) is 0 Å². The highest BCUT2D eigenvalue weighted by Gasteiger charge is 2.24. The summed E-state index contributed by atoms with van der Waals surface area (Å²) < 4.78 is 13.2. The van der Waals surface area contributed by atoms with Gasteiger partial charge >= 0.3 is 0 Å². The highest BCUT2D eigenvalue weighted by Crippen LogP contribution is 2.24. The predicted molar refractivity (Wildman–Crippen MR) is 111 cm³/mol. The molecule has 1 fully saturated rings. The Bertz CT molecular complexity index is 1080. The van der Waals surface area contributed by atoms with Crippen LogP contribution in [0.2, 0.25) is 0 Å². The summed E-state index contributed by atoms with van der Waals surface area (Å²) in [6, 6.07) is 7.49. The van der Waals surface area contributed by atoms with E-state index < -0.39 is 11.8 Å². The fraction of sp³-hybridized carbons (Fsp3) is 0.200. The van der Waals surface area contributed by atoms with Crippen molar-refractivity contribution < 1.29 is 14.0 Å². The molecule has 3 N–H and O–H groups in total. The normalized spacial score (nSPS) is 14.7. The first-order chi connectivity index (χ1) is 15.0. The van der Waals surface area contributed by atoms with Gasteiger partial charge in [-0.1, -0.05) is 12.1 Å². The van der Waals surface area contributed by atoms with Crippen LogP contribution < -0.4 is 20.9 Å². The summed E-state index contributed by atoms with van der Waals surface area (Å²) in [4.78, 5) is 42.3. The Hall–Kier alpha value is -4.15. The number of hydrogen-bond donors (Lipinski definition) is 3. The van der Waals surface area contributed by atoms with Crippen LogP contribution in [0.15, 0.2) is 48.9 Å². The molecule has 0 bridgehead atoms. The van der Waals surface area contributed by atoms with Crippen molar-refractivity contribution in [3.05, 3.63) is 60.3 Å². The summed E-state index contributed by atoms with van der Waals surface area (Å²) in [5.74, 6) is 0.380. The number of rotatable bonds is 6. The average Bonchev–Trinajstić information content (AvgIpc) is 2.74. The van der Waals surface area contributed by atoms with Gasteiger partial charge in [0.05, 0.1) is 25.3 Å². The number of benzene rings is 1. The Balaban J connectivity index is 1.64. The molecule has 2 amide bonds. The van der Waals surface area contributed by atoms with E-state index in [1.165, 1.54) is 24.5 Å². The molecule has 3 heterocycles. The van der Waals surface area contributed by atoms with E-state index in [0.717, 1.165) is 5.56 Å². The maximum Gasteiger partial charge on any atom is 0.246 e.